The number of nitrogens with zero attached hydrogens (tertiary/aromatic N) is 1. The van der Waals surface area contributed by atoms with E-state index in [1.807, 2.05) is 31.4 Å². The van der Waals surface area contributed by atoms with Gasteiger partial charge in [0.1, 0.15) is 17.4 Å². The van der Waals surface area contributed by atoms with Crippen molar-refractivity contribution in [3.05, 3.63) is 58.0 Å². The van der Waals surface area contributed by atoms with Crippen molar-refractivity contribution in [1.82, 2.24) is 4.98 Å². The Morgan fingerprint density at radius 3 is 2.76 bits per heavy atom. The number of benzene rings is 2. The van der Waals surface area contributed by atoms with Crippen molar-refractivity contribution in [2.24, 2.45) is 5.73 Å². The van der Waals surface area contributed by atoms with Crippen LogP contribution in [-0.2, 0) is 6.61 Å². The topological polar surface area (TPSA) is 48.1 Å². The molecule has 3 nitrogen and oxygen atoms in total. The van der Waals surface area contributed by atoms with Crippen molar-refractivity contribution >= 4 is 22.1 Å². The number of thiazole rings is 1. The van der Waals surface area contributed by atoms with Crippen LogP contribution in [0.25, 0.3) is 10.8 Å². The molecule has 0 fully saturated rings. The number of ether oxygens (including phenoxy) is 1. The van der Waals surface area contributed by atoms with E-state index in [0.29, 0.717) is 6.61 Å². The van der Waals surface area contributed by atoms with E-state index >= 15 is 0 Å². The molecule has 2 N–H and O–H groups in total. The molecule has 0 radical (unpaired) electrons. The van der Waals surface area contributed by atoms with Crippen LogP contribution in [-0.4, -0.2) is 4.98 Å². The van der Waals surface area contributed by atoms with Gasteiger partial charge in [0, 0.05) is 28.1 Å². The lowest BCUT2D eigenvalue weighted by molar-refractivity contribution is 0.304. The normalized spacial score (nSPS) is 12.5. The second-order valence-electron chi connectivity index (χ2n) is 5.17. The van der Waals surface area contributed by atoms with Gasteiger partial charge in [-0.25, -0.2) is 4.98 Å². The highest BCUT2D eigenvalue weighted by molar-refractivity contribution is 7.09. The SMILES string of the molecule is Cc1csc(COc2c([C@@H](C)N)ccc3ccccc23)n1. The monoisotopic (exact) mass is 298 g/mol. The van der Waals surface area contributed by atoms with Gasteiger partial charge < -0.3 is 10.5 Å². The highest BCUT2D eigenvalue weighted by Gasteiger charge is 2.13. The summed E-state index contributed by atoms with van der Waals surface area (Å²) in [6.07, 6.45) is 0. The Hall–Kier alpha value is -1.91. The zero-order valence-electron chi connectivity index (χ0n) is 12.2. The Kier molecular flexibility index (Phi) is 3.90. The van der Waals surface area contributed by atoms with E-state index in [2.05, 4.69) is 29.2 Å². The molecule has 0 aliphatic rings. The summed E-state index contributed by atoms with van der Waals surface area (Å²) in [6, 6.07) is 12.3. The van der Waals surface area contributed by atoms with Crippen molar-refractivity contribution in [3.8, 4) is 5.75 Å². The molecule has 0 spiro atoms. The summed E-state index contributed by atoms with van der Waals surface area (Å²) in [5.41, 5.74) is 8.15. The molecule has 21 heavy (non-hydrogen) atoms. The molecule has 0 amide bonds. The largest absolute Gasteiger partial charge is 0.485 e. The molecule has 0 saturated carbocycles. The molecule has 3 rings (SSSR count). The molecule has 4 heteroatoms. The number of aromatic nitrogens is 1. The van der Waals surface area contributed by atoms with Crippen molar-refractivity contribution in [3.63, 3.8) is 0 Å². The van der Waals surface area contributed by atoms with Crippen molar-refractivity contribution in [1.29, 1.82) is 0 Å². The van der Waals surface area contributed by atoms with Gasteiger partial charge >= 0.3 is 0 Å². The molecular weight excluding hydrogens is 280 g/mol. The Morgan fingerprint density at radius 1 is 1.24 bits per heavy atom. The Morgan fingerprint density at radius 2 is 2.05 bits per heavy atom. The van der Waals surface area contributed by atoms with E-state index in [0.717, 1.165) is 32.8 Å². The predicted octanol–water partition coefficient (Wildman–Crippen LogP) is 4.20. The fraction of sp³-hybridized carbons (Fsp3) is 0.235. The molecule has 1 heterocycles. The van der Waals surface area contributed by atoms with Gasteiger partial charge in [-0.05, 0) is 19.2 Å². The minimum atomic E-state index is -0.0670. The first-order valence-electron chi connectivity index (χ1n) is 6.96. The van der Waals surface area contributed by atoms with Crippen molar-refractivity contribution in [2.45, 2.75) is 26.5 Å². The van der Waals surface area contributed by atoms with Crippen LogP contribution in [0.2, 0.25) is 0 Å². The number of aryl methyl sites for hydroxylation is 1. The number of rotatable bonds is 4. The quantitative estimate of drug-likeness (QED) is 0.785. The van der Waals surface area contributed by atoms with Gasteiger partial charge in [0.25, 0.3) is 0 Å². The van der Waals surface area contributed by atoms with Crippen LogP contribution in [0, 0.1) is 6.92 Å². The second-order valence-corrected chi connectivity index (χ2v) is 6.11. The number of hydrogen-bond donors (Lipinski definition) is 1. The number of nitrogens with two attached hydrogens (primary N) is 1. The standard InChI is InChI=1S/C17H18N2OS/c1-11-10-21-16(19-11)9-20-17-14(12(2)18)8-7-13-5-3-4-6-15(13)17/h3-8,10,12H,9,18H2,1-2H3/t12-/m1/s1. The maximum atomic E-state index is 6.09. The molecule has 0 unspecified atom stereocenters. The van der Waals surface area contributed by atoms with Crippen LogP contribution in [0.5, 0.6) is 5.75 Å². The molecule has 0 aliphatic carbocycles. The van der Waals surface area contributed by atoms with Crippen LogP contribution in [0.1, 0.15) is 29.2 Å². The van der Waals surface area contributed by atoms with Crippen LogP contribution >= 0.6 is 11.3 Å². The van der Waals surface area contributed by atoms with Crippen molar-refractivity contribution in [2.75, 3.05) is 0 Å². The van der Waals surface area contributed by atoms with Crippen LogP contribution < -0.4 is 10.5 Å². The summed E-state index contributed by atoms with van der Waals surface area (Å²) >= 11 is 1.62. The summed E-state index contributed by atoms with van der Waals surface area (Å²) in [4.78, 5) is 4.44. The van der Waals surface area contributed by atoms with E-state index < -0.39 is 0 Å². The minimum absolute atomic E-state index is 0.0670. The third-order valence-electron chi connectivity index (χ3n) is 3.41. The molecule has 0 saturated heterocycles. The molecule has 2 aromatic carbocycles. The number of fused-ring (bicyclic) bond motifs is 1. The smallest absolute Gasteiger partial charge is 0.140 e. The molecule has 1 atom stereocenters. The average molecular weight is 298 g/mol. The summed E-state index contributed by atoms with van der Waals surface area (Å²) in [5, 5.41) is 5.28. The first-order chi connectivity index (χ1) is 10.1. The summed E-state index contributed by atoms with van der Waals surface area (Å²) < 4.78 is 6.08. The Bertz CT molecular complexity index is 764. The highest BCUT2D eigenvalue weighted by atomic mass is 32.1. The Labute approximate surface area is 128 Å². The van der Waals surface area contributed by atoms with Gasteiger partial charge in [0.15, 0.2) is 0 Å². The average Bonchev–Trinajstić information content (AvgIpc) is 2.90. The van der Waals surface area contributed by atoms with E-state index in [1.165, 1.54) is 0 Å². The molecule has 3 aromatic rings. The van der Waals surface area contributed by atoms with Crippen molar-refractivity contribution < 1.29 is 4.74 Å². The molecule has 0 bridgehead atoms. The fourth-order valence-corrected chi connectivity index (χ4v) is 3.07. The van der Waals surface area contributed by atoms with Gasteiger partial charge in [-0.15, -0.1) is 11.3 Å². The van der Waals surface area contributed by atoms with Crippen LogP contribution in [0.15, 0.2) is 41.8 Å². The van der Waals surface area contributed by atoms with Gasteiger partial charge in [-0.3, -0.25) is 0 Å². The fourth-order valence-electron chi connectivity index (χ4n) is 2.38. The summed E-state index contributed by atoms with van der Waals surface area (Å²) in [5.74, 6) is 0.871. The lowest BCUT2D eigenvalue weighted by Crippen LogP contribution is -2.08. The maximum Gasteiger partial charge on any atom is 0.140 e. The minimum Gasteiger partial charge on any atom is -0.485 e. The van der Waals surface area contributed by atoms with Gasteiger partial charge in [-0.2, -0.15) is 0 Å². The molecule has 0 aliphatic heterocycles. The van der Waals surface area contributed by atoms with Gasteiger partial charge in [0.05, 0.1) is 0 Å². The van der Waals surface area contributed by atoms with Crippen LogP contribution in [0.4, 0.5) is 0 Å². The van der Waals surface area contributed by atoms with Gasteiger partial charge in [0.2, 0.25) is 0 Å². The lowest BCUT2D eigenvalue weighted by Gasteiger charge is -2.16. The summed E-state index contributed by atoms with van der Waals surface area (Å²) in [6.45, 7) is 4.45. The highest BCUT2D eigenvalue weighted by Crippen LogP contribution is 2.33. The maximum absolute atomic E-state index is 6.09. The molecule has 1 aromatic heterocycles. The Balaban J connectivity index is 1.99. The summed E-state index contributed by atoms with van der Waals surface area (Å²) in [7, 11) is 0. The zero-order valence-corrected chi connectivity index (χ0v) is 13.0. The second kappa shape index (κ2) is 5.84. The van der Waals surface area contributed by atoms with Gasteiger partial charge in [-0.1, -0.05) is 36.4 Å². The van der Waals surface area contributed by atoms with E-state index in [1.54, 1.807) is 11.3 Å². The first kappa shape index (κ1) is 14.0. The van der Waals surface area contributed by atoms with E-state index in [9.17, 15) is 0 Å². The third kappa shape index (κ3) is 2.91. The first-order valence-corrected chi connectivity index (χ1v) is 7.84. The lowest BCUT2D eigenvalue weighted by atomic mass is 10.0. The molecule has 108 valence electrons. The third-order valence-corrected chi connectivity index (χ3v) is 4.35. The van der Waals surface area contributed by atoms with E-state index in [-0.39, 0.29) is 6.04 Å². The van der Waals surface area contributed by atoms with E-state index in [4.69, 9.17) is 10.5 Å². The molecular formula is C17H18N2OS. The number of hydrogen-bond acceptors (Lipinski definition) is 4. The van der Waals surface area contributed by atoms with Crippen LogP contribution in [0.3, 0.4) is 0 Å². The predicted molar refractivity (Wildman–Crippen MR) is 87.7 cm³/mol. The zero-order chi connectivity index (χ0) is 14.8.